The first-order chi connectivity index (χ1) is 6.81. The highest BCUT2D eigenvalue weighted by Crippen LogP contribution is 2.06. The van der Waals surface area contributed by atoms with Crippen LogP contribution in [-0.2, 0) is 4.74 Å². The zero-order valence-electron chi connectivity index (χ0n) is 10.5. The lowest BCUT2D eigenvalue weighted by molar-refractivity contribution is 0.0498. The monoisotopic (exact) mass is 216 g/mol. The zero-order valence-corrected chi connectivity index (χ0v) is 10.5. The Morgan fingerprint density at radius 2 is 1.93 bits per heavy atom. The van der Waals surface area contributed by atoms with Crippen LogP contribution in [0.1, 0.15) is 47.5 Å². The molecule has 0 spiro atoms. The Labute approximate surface area is 92.7 Å². The molecule has 0 radical (unpaired) electrons. The second-order valence-corrected chi connectivity index (χ2v) is 5.09. The van der Waals surface area contributed by atoms with Crippen LogP contribution in [0.2, 0.25) is 0 Å². The van der Waals surface area contributed by atoms with Gasteiger partial charge in [-0.05, 0) is 39.5 Å². The molecule has 4 heteroatoms. The second kappa shape index (κ2) is 6.67. The molecule has 0 saturated heterocycles. The normalized spacial score (nSPS) is 11.6. The van der Waals surface area contributed by atoms with Crippen molar-refractivity contribution < 1.29 is 9.53 Å². The molecule has 90 valence electrons. The Balaban J connectivity index is 3.40. The van der Waals surface area contributed by atoms with E-state index in [0.717, 1.165) is 19.4 Å². The van der Waals surface area contributed by atoms with Crippen molar-refractivity contribution in [2.45, 2.75) is 53.1 Å². The first-order valence-corrected chi connectivity index (χ1v) is 5.53. The van der Waals surface area contributed by atoms with Gasteiger partial charge in [-0.2, -0.15) is 0 Å². The van der Waals surface area contributed by atoms with E-state index in [1.165, 1.54) is 0 Å². The van der Waals surface area contributed by atoms with Crippen LogP contribution in [0.3, 0.4) is 0 Å². The molecule has 0 atom stereocenters. The van der Waals surface area contributed by atoms with Crippen molar-refractivity contribution >= 4 is 6.09 Å². The van der Waals surface area contributed by atoms with Crippen LogP contribution in [0.5, 0.6) is 0 Å². The predicted octanol–water partition coefficient (Wildman–Crippen LogP) is 2.45. The zero-order chi connectivity index (χ0) is 11.9. The predicted molar refractivity (Wildman–Crippen MR) is 61.4 cm³/mol. The van der Waals surface area contributed by atoms with E-state index >= 15 is 0 Å². The summed E-state index contributed by atoms with van der Waals surface area (Å²) in [5.41, 5.74) is 4.90. The van der Waals surface area contributed by atoms with Crippen molar-refractivity contribution in [2.75, 3.05) is 6.54 Å². The third-order valence-electron chi connectivity index (χ3n) is 1.67. The van der Waals surface area contributed by atoms with Gasteiger partial charge in [-0.1, -0.05) is 13.8 Å². The molecule has 1 amide bonds. The van der Waals surface area contributed by atoms with Gasteiger partial charge in [0, 0.05) is 6.54 Å². The summed E-state index contributed by atoms with van der Waals surface area (Å²) in [7, 11) is 0. The molecule has 0 unspecified atom stereocenters. The summed E-state index contributed by atoms with van der Waals surface area (Å²) < 4.78 is 5.05. The number of nitrogens with one attached hydrogen (secondary N) is 2. The quantitative estimate of drug-likeness (QED) is 0.548. The average Bonchev–Trinajstić information content (AvgIpc) is 1.99. The minimum absolute atomic E-state index is 0.424. The lowest BCUT2D eigenvalue weighted by Gasteiger charge is -2.19. The van der Waals surface area contributed by atoms with Crippen LogP contribution in [-0.4, -0.2) is 18.2 Å². The first-order valence-electron chi connectivity index (χ1n) is 5.53. The van der Waals surface area contributed by atoms with Crippen molar-refractivity contribution in [3.8, 4) is 0 Å². The van der Waals surface area contributed by atoms with Gasteiger partial charge in [0.15, 0.2) is 0 Å². The van der Waals surface area contributed by atoms with Gasteiger partial charge in [0.05, 0.1) is 0 Å². The summed E-state index contributed by atoms with van der Waals surface area (Å²) in [6, 6.07) is 0. The summed E-state index contributed by atoms with van der Waals surface area (Å²) in [5.74, 6) is 0.702. The summed E-state index contributed by atoms with van der Waals surface area (Å²) in [5, 5.41) is 0. The first kappa shape index (κ1) is 14.2. The average molecular weight is 216 g/mol. The topological polar surface area (TPSA) is 50.4 Å². The molecule has 0 rings (SSSR count). The van der Waals surface area contributed by atoms with Crippen molar-refractivity contribution in [3.63, 3.8) is 0 Å². The fourth-order valence-corrected chi connectivity index (χ4v) is 1.04. The number of carbonyl (C=O) groups excluding carboxylic acids is 1. The molecule has 4 nitrogen and oxygen atoms in total. The van der Waals surface area contributed by atoms with E-state index in [1.54, 1.807) is 0 Å². The molecule has 0 fully saturated rings. The van der Waals surface area contributed by atoms with Gasteiger partial charge in [0.2, 0.25) is 0 Å². The summed E-state index contributed by atoms with van der Waals surface area (Å²) in [6.45, 7) is 10.7. The Kier molecular flexibility index (Phi) is 6.32. The number of amides is 1. The number of carbonyl (C=O) groups is 1. The van der Waals surface area contributed by atoms with Crippen molar-refractivity contribution in [1.29, 1.82) is 0 Å². The van der Waals surface area contributed by atoms with Gasteiger partial charge >= 0.3 is 6.09 Å². The number of ether oxygens (including phenoxy) is 1. The van der Waals surface area contributed by atoms with Crippen LogP contribution >= 0.6 is 0 Å². The van der Waals surface area contributed by atoms with Gasteiger partial charge in [-0.3, -0.25) is 5.43 Å². The third-order valence-corrected chi connectivity index (χ3v) is 1.67. The van der Waals surface area contributed by atoms with Crippen LogP contribution in [0.25, 0.3) is 0 Å². The molecule has 0 bridgehead atoms. The molecule has 0 aliphatic rings. The van der Waals surface area contributed by atoms with E-state index in [9.17, 15) is 4.79 Å². The Hall–Kier alpha value is -0.770. The van der Waals surface area contributed by atoms with Crippen LogP contribution in [0.4, 0.5) is 4.79 Å². The van der Waals surface area contributed by atoms with E-state index in [0.29, 0.717) is 5.92 Å². The molecule has 0 heterocycles. The summed E-state index contributed by atoms with van der Waals surface area (Å²) >= 11 is 0. The van der Waals surface area contributed by atoms with E-state index in [2.05, 4.69) is 24.7 Å². The van der Waals surface area contributed by atoms with Gasteiger partial charge in [0.1, 0.15) is 5.60 Å². The highest BCUT2D eigenvalue weighted by Gasteiger charge is 2.15. The molecule has 0 aromatic carbocycles. The molecule has 0 aromatic rings. The van der Waals surface area contributed by atoms with Crippen LogP contribution < -0.4 is 10.9 Å². The standard InChI is InChI=1S/C11H24N2O2/c1-9(2)7-6-8-12-13-10(14)15-11(3,4)5/h9,12H,6-8H2,1-5H3,(H,13,14). The highest BCUT2D eigenvalue weighted by molar-refractivity contribution is 5.66. The molecule has 0 saturated carbocycles. The number of hydrogen-bond donors (Lipinski definition) is 2. The molecule has 0 aromatic heterocycles. The van der Waals surface area contributed by atoms with Crippen molar-refractivity contribution in [2.24, 2.45) is 5.92 Å². The smallest absolute Gasteiger partial charge is 0.422 e. The molecule has 15 heavy (non-hydrogen) atoms. The third kappa shape index (κ3) is 11.2. The number of hydrazine groups is 1. The maximum Gasteiger partial charge on any atom is 0.422 e. The van der Waals surface area contributed by atoms with E-state index in [4.69, 9.17) is 4.74 Å². The molecule has 0 aliphatic heterocycles. The maximum atomic E-state index is 11.2. The summed E-state index contributed by atoms with van der Waals surface area (Å²) in [4.78, 5) is 11.2. The molecule has 2 N–H and O–H groups in total. The second-order valence-electron chi connectivity index (χ2n) is 5.09. The molecule has 0 aliphatic carbocycles. The number of rotatable bonds is 5. The Morgan fingerprint density at radius 1 is 1.33 bits per heavy atom. The molecular weight excluding hydrogens is 192 g/mol. The van der Waals surface area contributed by atoms with Crippen molar-refractivity contribution in [3.05, 3.63) is 0 Å². The van der Waals surface area contributed by atoms with Gasteiger partial charge < -0.3 is 4.74 Å². The number of hydrogen-bond acceptors (Lipinski definition) is 3. The SMILES string of the molecule is CC(C)CCCNNC(=O)OC(C)(C)C. The Morgan fingerprint density at radius 3 is 2.40 bits per heavy atom. The largest absolute Gasteiger partial charge is 0.443 e. The van der Waals surface area contributed by atoms with Crippen molar-refractivity contribution in [1.82, 2.24) is 10.9 Å². The maximum absolute atomic E-state index is 11.2. The Bertz CT molecular complexity index is 186. The lowest BCUT2D eigenvalue weighted by atomic mass is 10.1. The molecular formula is C11H24N2O2. The fraction of sp³-hybridized carbons (Fsp3) is 0.909. The summed E-state index contributed by atoms with van der Waals surface area (Å²) in [6.07, 6.45) is 1.78. The van der Waals surface area contributed by atoms with Crippen LogP contribution in [0.15, 0.2) is 0 Å². The van der Waals surface area contributed by atoms with Gasteiger partial charge in [0.25, 0.3) is 0 Å². The van der Waals surface area contributed by atoms with Crippen LogP contribution in [0, 0.1) is 5.92 Å². The fourth-order valence-electron chi connectivity index (χ4n) is 1.04. The van der Waals surface area contributed by atoms with Gasteiger partial charge in [-0.15, -0.1) is 0 Å². The minimum atomic E-state index is -0.441. The van der Waals surface area contributed by atoms with Gasteiger partial charge in [-0.25, -0.2) is 10.2 Å². The van der Waals surface area contributed by atoms with E-state index in [1.807, 2.05) is 20.8 Å². The lowest BCUT2D eigenvalue weighted by Crippen LogP contribution is -2.41. The minimum Gasteiger partial charge on any atom is -0.443 e. The highest BCUT2D eigenvalue weighted by atomic mass is 16.6. The van der Waals surface area contributed by atoms with E-state index < -0.39 is 11.7 Å². The van der Waals surface area contributed by atoms with E-state index in [-0.39, 0.29) is 0 Å².